The molecule has 0 atom stereocenters. The molecule has 1 saturated heterocycles. The van der Waals surface area contributed by atoms with Crippen molar-refractivity contribution in [1.82, 2.24) is 4.31 Å². The highest BCUT2D eigenvalue weighted by molar-refractivity contribution is 8.00. The lowest BCUT2D eigenvalue weighted by atomic mass is 10.2. The summed E-state index contributed by atoms with van der Waals surface area (Å²) in [6.07, 6.45) is 0. The van der Waals surface area contributed by atoms with E-state index in [0.717, 1.165) is 0 Å². The van der Waals surface area contributed by atoms with Gasteiger partial charge in [0.15, 0.2) is 0 Å². The molecule has 2 rings (SSSR count). The van der Waals surface area contributed by atoms with Crippen LogP contribution in [0.25, 0.3) is 0 Å². The van der Waals surface area contributed by atoms with Crippen LogP contribution < -0.4 is 5.73 Å². The molecule has 1 aliphatic rings. The van der Waals surface area contributed by atoms with Gasteiger partial charge >= 0.3 is 0 Å². The fourth-order valence-electron chi connectivity index (χ4n) is 2.18. The molecule has 1 heterocycles. The van der Waals surface area contributed by atoms with Crippen molar-refractivity contribution in [3.63, 3.8) is 0 Å². The number of nitrogens with zero attached hydrogens (tertiary/aromatic N) is 1. The van der Waals surface area contributed by atoms with E-state index in [0.29, 0.717) is 24.4 Å². The largest absolute Gasteiger partial charge is 0.398 e. The zero-order valence-electron chi connectivity index (χ0n) is 11.8. The molecule has 0 bridgehead atoms. The Morgan fingerprint density at radius 2 is 2.05 bits per heavy atom. The van der Waals surface area contributed by atoms with Crippen molar-refractivity contribution in [1.29, 1.82) is 0 Å². The van der Waals surface area contributed by atoms with Crippen LogP contribution in [-0.2, 0) is 10.0 Å². The molecular formula is C13H19FN2O2S2. The van der Waals surface area contributed by atoms with Gasteiger partial charge < -0.3 is 5.73 Å². The lowest BCUT2D eigenvalue weighted by Crippen LogP contribution is -2.46. The van der Waals surface area contributed by atoms with Crippen molar-refractivity contribution in [2.75, 3.05) is 24.6 Å². The van der Waals surface area contributed by atoms with Gasteiger partial charge in [0.1, 0.15) is 10.7 Å². The minimum absolute atomic E-state index is 0.169. The number of anilines is 1. The highest BCUT2D eigenvalue weighted by Gasteiger charge is 2.36. The van der Waals surface area contributed by atoms with Crippen molar-refractivity contribution in [3.8, 4) is 0 Å². The normalized spacial score (nSPS) is 20.0. The lowest BCUT2D eigenvalue weighted by Gasteiger charge is -2.36. The van der Waals surface area contributed by atoms with Gasteiger partial charge in [0.2, 0.25) is 10.0 Å². The summed E-state index contributed by atoms with van der Waals surface area (Å²) < 4.78 is 40.3. The number of nitrogens with two attached hydrogens (primary N) is 1. The summed E-state index contributed by atoms with van der Waals surface area (Å²) in [7, 11) is -3.84. The Kier molecular flexibility index (Phi) is 4.05. The molecule has 0 aliphatic carbocycles. The predicted molar refractivity (Wildman–Crippen MR) is 80.8 cm³/mol. The average molecular weight is 318 g/mol. The van der Waals surface area contributed by atoms with Gasteiger partial charge in [-0.05, 0) is 38.5 Å². The van der Waals surface area contributed by atoms with E-state index in [9.17, 15) is 12.8 Å². The molecule has 0 saturated carbocycles. The third kappa shape index (κ3) is 2.94. The molecule has 2 N–H and O–H groups in total. The van der Waals surface area contributed by atoms with Crippen LogP contribution in [0.1, 0.15) is 19.4 Å². The summed E-state index contributed by atoms with van der Waals surface area (Å²) in [6.45, 7) is 6.38. The Morgan fingerprint density at radius 3 is 2.65 bits per heavy atom. The first kappa shape index (κ1) is 15.6. The standard InChI is InChI=1S/C13H19FN2O2S2/c1-9-6-10(14)12(7-11(9)15)20(17,18)16-4-5-19-13(2,3)8-16/h6-7H,4-5,8,15H2,1-3H3. The van der Waals surface area contributed by atoms with Gasteiger partial charge in [0, 0.05) is 29.3 Å². The maximum Gasteiger partial charge on any atom is 0.246 e. The summed E-state index contributed by atoms with van der Waals surface area (Å²) in [5, 5.41) is 0. The van der Waals surface area contributed by atoms with Crippen LogP contribution in [-0.4, -0.2) is 36.3 Å². The molecule has 0 aromatic heterocycles. The van der Waals surface area contributed by atoms with Gasteiger partial charge in [0.25, 0.3) is 0 Å². The quantitative estimate of drug-likeness (QED) is 0.849. The molecule has 20 heavy (non-hydrogen) atoms. The topological polar surface area (TPSA) is 63.4 Å². The third-order valence-corrected chi connectivity index (χ3v) is 6.49. The van der Waals surface area contributed by atoms with E-state index in [-0.39, 0.29) is 15.3 Å². The van der Waals surface area contributed by atoms with E-state index in [1.54, 1.807) is 18.7 Å². The highest BCUT2D eigenvalue weighted by atomic mass is 32.2. The van der Waals surface area contributed by atoms with Gasteiger partial charge in [-0.2, -0.15) is 16.1 Å². The van der Waals surface area contributed by atoms with Crippen LogP contribution in [0.3, 0.4) is 0 Å². The van der Waals surface area contributed by atoms with E-state index in [4.69, 9.17) is 5.73 Å². The number of rotatable bonds is 2. The SMILES string of the molecule is Cc1cc(F)c(S(=O)(=O)N2CCSC(C)(C)C2)cc1N. The maximum absolute atomic E-state index is 14.0. The molecule has 0 unspecified atom stereocenters. The summed E-state index contributed by atoms with van der Waals surface area (Å²) in [5.74, 6) is -0.0393. The minimum atomic E-state index is -3.84. The molecule has 1 aromatic carbocycles. The fourth-order valence-corrected chi connectivity index (χ4v) is 5.18. The highest BCUT2D eigenvalue weighted by Crippen LogP contribution is 2.33. The maximum atomic E-state index is 14.0. The van der Waals surface area contributed by atoms with Crippen molar-refractivity contribution >= 4 is 27.5 Å². The van der Waals surface area contributed by atoms with E-state index in [1.165, 1.54) is 16.4 Å². The number of sulfonamides is 1. The Hall–Kier alpha value is -0.790. The van der Waals surface area contributed by atoms with E-state index in [2.05, 4.69) is 0 Å². The van der Waals surface area contributed by atoms with Gasteiger partial charge in [-0.25, -0.2) is 12.8 Å². The zero-order chi connectivity index (χ0) is 15.1. The predicted octanol–water partition coefficient (Wildman–Crippen LogP) is 2.23. The molecule has 0 radical (unpaired) electrons. The minimum Gasteiger partial charge on any atom is -0.398 e. The van der Waals surface area contributed by atoms with Crippen molar-refractivity contribution in [2.24, 2.45) is 0 Å². The Balaban J connectivity index is 2.43. The second-order valence-corrected chi connectivity index (χ2v) is 9.29. The molecule has 4 nitrogen and oxygen atoms in total. The zero-order valence-corrected chi connectivity index (χ0v) is 13.4. The number of halogens is 1. The molecule has 1 fully saturated rings. The first-order chi connectivity index (χ1) is 9.13. The number of nitrogen functional groups attached to an aromatic ring is 1. The van der Waals surface area contributed by atoms with Crippen molar-refractivity contribution in [2.45, 2.75) is 30.4 Å². The molecule has 0 spiro atoms. The molecule has 1 aliphatic heterocycles. The summed E-state index contributed by atoms with van der Waals surface area (Å²) in [5.41, 5.74) is 6.54. The van der Waals surface area contributed by atoms with Crippen LogP contribution in [0.2, 0.25) is 0 Å². The van der Waals surface area contributed by atoms with Crippen LogP contribution in [0.4, 0.5) is 10.1 Å². The molecule has 112 valence electrons. The molecular weight excluding hydrogens is 299 g/mol. The summed E-state index contributed by atoms with van der Waals surface area (Å²) >= 11 is 1.72. The van der Waals surface area contributed by atoms with Crippen LogP contribution >= 0.6 is 11.8 Å². The van der Waals surface area contributed by atoms with Gasteiger partial charge in [0.05, 0.1) is 0 Å². The second-order valence-electron chi connectivity index (χ2n) is 5.59. The van der Waals surface area contributed by atoms with Crippen LogP contribution in [0.15, 0.2) is 17.0 Å². The van der Waals surface area contributed by atoms with E-state index in [1.807, 2.05) is 13.8 Å². The van der Waals surface area contributed by atoms with Crippen molar-refractivity contribution in [3.05, 3.63) is 23.5 Å². The van der Waals surface area contributed by atoms with Gasteiger partial charge in [-0.3, -0.25) is 0 Å². The number of benzene rings is 1. The summed E-state index contributed by atoms with van der Waals surface area (Å²) in [6, 6.07) is 2.39. The third-order valence-electron chi connectivity index (χ3n) is 3.33. The monoisotopic (exact) mass is 318 g/mol. The fraction of sp³-hybridized carbons (Fsp3) is 0.538. The smallest absolute Gasteiger partial charge is 0.246 e. The Labute approximate surface area is 123 Å². The Morgan fingerprint density at radius 1 is 1.40 bits per heavy atom. The molecule has 1 aromatic rings. The summed E-state index contributed by atoms with van der Waals surface area (Å²) in [4.78, 5) is -0.330. The van der Waals surface area contributed by atoms with Gasteiger partial charge in [-0.1, -0.05) is 0 Å². The first-order valence-electron chi connectivity index (χ1n) is 6.33. The lowest BCUT2D eigenvalue weighted by molar-refractivity contribution is 0.385. The second kappa shape index (κ2) is 5.20. The van der Waals surface area contributed by atoms with E-state index < -0.39 is 15.8 Å². The molecule has 0 amide bonds. The first-order valence-corrected chi connectivity index (χ1v) is 8.76. The number of thioether (sulfide) groups is 1. The number of hydrogen-bond donors (Lipinski definition) is 1. The Bertz CT molecular complexity index is 630. The van der Waals surface area contributed by atoms with E-state index >= 15 is 0 Å². The number of hydrogen-bond acceptors (Lipinski definition) is 4. The van der Waals surface area contributed by atoms with Crippen LogP contribution in [0, 0.1) is 12.7 Å². The molecule has 7 heteroatoms. The average Bonchev–Trinajstić information content (AvgIpc) is 2.32. The van der Waals surface area contributed by atoms with Crippen LogP contribution in [0.5, 0.6) is 0 Å². The number of aryl methyl sites for hydroxylation is 1. The van der Waals surface area contributed by atoms with Crippen molar-refractivity contribution < 1.29 is 12.8 Å². The van der Waals surface area contributed by atoms with Gasteiger partial charge in [-0.15, -0.1) is 0 Å².